The minimum atomic E-state index is -0.333. The third-order valence-corrected chi connectivity index (χ3v) is 3.07. The van der Waals surface area contributed by atoms with Crippen molar-refractivity contribution in [1.82, 2.24) is 4.98 Å². The van der Waals surface area contributed by atoms with Crippen molar-refractivity contribution in [3.63, 3.8) is 0 Å². The summed E-state index contributed by atoms with van der Waals surface area (Å²) in [5.74, 6) is 0.165. The van der Waals surface area contributed by atoms with Crippen LogP contribution in [0.2, 0.25) is 0 Å². The molecule has 0 saturated heterocycles. The second-order valence-electron chi connectivity index (χ2n) is 4.33. The van der Waals surface area contributed by atoms with Crippen molar-refractivity contribution >= 4 is 5.97 Å². The van der Waals surface area contributed by atoms with Crippen LogP contribution in [0.3, 0.4) is 0 Å². The van der Waals surface area contributed by atoms with E-state index in [2.05, 4.69) is 4.98 Å². The van der Waals surface area contributed by atoms with Gasteiger partial charge in [-0.15, -0.1) is 0 Å². The van der Waals surface area contributed by atoms with E-state index < -0.39 is 0 Å². The van der Waals surface area contributed by atoms with Crippen molar-refractivity contribution in [3.8, 4) is 5.75 Å². The van der Waals surface area contributed by atoms with Gasteiger partial charge in [-0.1, -0.05) is 24.3 Å². The number of nitrogens with zero attached hydrogens (tertiary/aromatic N) is 1. The Kier molecular flexibility index (Phi) is 3.14. The number of ether oxygens (including phenoxy) is 2. The molecule has 0 spiro atoms. The Balaban J connectivity index is 1.66. The third-order valence-electron chi connectivity index (χ3n) is 3.07. The molecule has 1 unspecified atom stereocenters. The van der Waals surface area contributed by atoms with E-state index in [4.69, 9.17) is 9.47 Å². The van der Waals surface area contributed by atoms with E-state index in [1.807, 2.05) is 42.5 Å². The van der Waals surface area contributed by atoms with Crippen LogP contribution in [-0.2, 0) is 16.1 Å². The van der Waals surface area contributed by atoms with Gasteiger partial charge in [0.1, 0.15) is 24.9 Å². The van der Waals surface area contributed by atoms with Gasteiger partial charge in [0, 0.05) is 11.8 Å². The lowest BCUT2D eigenvalue weighted by Crippen LogP contribution is -2.17. The number of carbonyl (C=O) groups is 1. The standard InChI is InChI=1S/C15H13NO3/c17-15(19-9-11-5-3-4-8-16-11)13-10-18-14-7-2-1-6-12(13)14/h1-8,13H,9-10H2. The first kappa shape index (κ1) is 11.7. The zero-order chi connectivity index (χ0) is 13.1. The molecule has 0 aliphatic carbocycles. The van der Waals surface area contributed by atoms with Crippen LogP contribution in [0.4, 0.5) is 0 Å². The second kappa shape index (κ2) is 5.10. The Hall–Kier alpha value is -2.36. The molecule has 0 saturated carbocycles. The van der Waals surface area contributed by atoms with Gasteiger partial charge < -0.3 is 9.47 Å². The molecule has 4 nitrogen and oxygen atoms in total. The summed E-state index contributed by atoms with van der Waals surface area (Å²) < 4.78 is 10.8. The van der Waals surface area contributed by atoms with Crippen molar-refractivity contribution in [2.24, 2.45) is 0 Å². The van der Waals surface area contributed by atoms with Crippen LogP contribution in [-0.4, -0.2) is 17.6 Å². The maximum atomic E-state index is 12.1. The maximum absolute atomic E-state index is 12.1. The Morgan fingerprint density at radius 3 is 2.95 bits per heavy atom. The fourth-order valence-electron chi connectivity index (χ4n) is 2.09. The summed E-state index contributed by atoms with van der Waals surface area (Å²) >= 11 is 0. The number of fused-ring (bicyclic) bond motifs is 1. The molecule has 0 amide bonds. The molecule has 1 aliphatic rings. The van der Waals surface area contributed by atoms with E-state index >= 15 is 0 Å². The molecular formula is C15H13NO3. The van der Waals surface area contributed by atoms with E-state index in [1.54, 1.807) is 6.20 Å². The van der Waals surface area contributed by atoms with Gasteiger partial charge in [0.15, 0.2) is 0 Å². The second-order valence-corrected chi connectivity index (χ2v) is 4.33. The van der Waals surface area contributed by atoms with Crippen LogP contribution in [0, 0.1) is 0 Å². The van der Waals surface area contributed by atoms with E-state index in [-0.39, 0.29) is 18.5 Å². The fraction of sp³-hybridized carbons (Fsp3) is 0.200. The van der Waals surface area contributed by atoms with Crippen LogP contribution in [0.15, 0.2) is 48.7 Å². The summed E-state index contributed by atoms with van der Waals surface area (Å²) in [7, 11) is 0. The van der Waals surface area contributed by atoms with Crippen LogP contribution >= 0.6 is 0 Å². The molecular weight excluding hydrogens is 242 g/mol. The van der Waals surface area contributed by atoms with Crippen molar-refractivity contribution < 1.29 is 14.3 Å². The average Bonchev–Trinajstić information content (AvgIpc) is 2.90. The van der Waals surface area contributed by atoms with Gasteiger partial charge in [0.2, 0.25) is 0 Å². The molecule has 1 aliphatic heterocycles. The zero-order valence-electron chi connectivity index (χ0n) is 10.3. The molecule has 96 valence electrons. The van der Waals surface area contributed by atoms with Gasteiger partial charge in [-0.3, -0.25) is 9.78 Å². The lowest BCUT2D eigenvalue weighted by Gasteiger charge is -2.09. The Bertz CT molecular complexity index is 583. The zero-order valence-corrected chi connectivity index (χ0v) is 10.3. The van der Waals surface area contributed by atoms with Crippen LogP contribution in [0.5, 0.6) is 5.75 Å². The molecule has 1 atom stereocenters. The topological polar surface area (TPSA) is 48.4 Å². The average molecular weight is 255 g/mol. The van der Waals surface area contributed by atoms with Gasteiger partial charge >= 0.3 is 5.97 Å². The smallest absolute Gasteiger partial charge is 0.317 e. The lowest BCUT2D eigenvalue weighted by molar-refractivity contribution is -0.147. The summed E-state index contributed by atoms with van der Waals surface area (Å²) in [6.07, 6.45) is 1.68. The van der Waals surface area contributed by atoms with Crippen molar-refractivity contribution in [2.75, 3.05) is 6.61 Å². The first-order chi connectivity index (χ1) is 9.34. The third kappa shape index (κ3) is 2.42. The molecule has 1 aromatic carbocycles. The minimum absolute atomic E-state index is 0.193. The van der Waals surface area contributed by atoms with Crippen LogP contribution in [0.25, 0.3) is 0 Å². The summed E-state index contributed by atoms with van der Waals surface area (Å²) in [5, 5.41) is 0. The fourth-order valence-corrected chi connectivity index (χ4v) is 2.09. The largest absolute Gasteiger partial charge is 0.492 e. The normalized spacial score (nSPS) is 16.5. The molecule has 2 heterocycles. The highest BCUT2D eigenvalue weighted by molar-refractivity contribution is 5.80. The van der Waals surface area contributed by atoms with E-state index in [0.717, 1.165) is 17.0 Å². The number of esters is 1. The Morgan fingerprint density at radius 1 is 1.26 bits per heavy atom. The number of para-hydroxylation sites is 1. The summed E-state index contributed by atoms with van der Waals surface area (Å²) in [6, 6.07) is 13.1. The van der Waals surface area contributed by atoms with Gasteiger partial charge in [0.05, 0.1) is 5.69 Å². The number of hydrogen-bond donors (Lipinski definition) is 0. The number of carbonyl (C=O) groups excluding carboxylic acids is 1. The molecule has 0 radical (unpaired) electrons. The van der Waals surface area contributed by atoms with E-state index in [1.165, 1.54) is 0 Å². The summed E-state index contributed by atoms with van der Waals surface area (Å²) in [4.78, 5) is 16.2. The number of hydrogen-bond acceptors (Lipinski definition) is 4. The van der Waals surface area contributed by atoms with Gasteiger partial charge in [-0.05, 0) is 18.2 Å². The first-order valence-corrected chi connectivity index (χ1v) is 6.13. The number of aromatic nitrogens is 1. The van der Waals surface area contributed by atoms with Gasteiger partial charge in [0.25, 0.3) is 0 Å². The lowest BCUT2D eigenvalue weighted by atomic mass is 10.0. The monoisotopic (exact) mass is 255 g/mol. The molecule has 0 N–H and O–H groups in total. The maximum Gasteiger partial charge on any atom is 0.317 e. The molecule has 1 aromatic heterocycles. The van der Waals surface area contributed by atoms with Crippen molar-refractivity contribution in [2.45, 2.75) is 12.5 Å². The van der Waals surface area contributed by atoms with Crippen molar-refractivity contribution in [1.29, 1.82) is 0 Å². The predicted molar refractivity (Wildman–Crippen MR) is 68.7 cm³/mol. The SMILES string of the molecule is O=C(OCc1ccccn1)C1COc2ccccc21. The number of benzene rings is 1. The molecule has 2 aromatic rings. The molecule has 0 fully saturated rings. The van der Waals surface area contributed by atoms with Gasteiger partial charge in [-0.25, -0.2) is 0 Å². The molecule has 19 heavy (non-hydrogen) atoms. The van der Waals surface area contributed by atoms with Crippen LogP contribution in [0.1, 0.15) is 17.2 Å². The highest BCUT2D eigenvalue weighted by Crippen LogP contribution is 2.34. The quantitative estimate of drug-likeness (QED) is 0.790. The number of rotatable bonds is 3. The summed E-state index contributed by atoms with van der Waals surface area (Å²) in [5.41, 5.74) is 1.64. The number of pyridine rings is 1. The Morgan fingerprint density at radius 2 is 2.11 bits per heavy atom. The predicted octanol–water partition coefficient (Wildman–Crippen LogP) is 2.30. The molecule has 4 heteroatoms. The highest BCUT2D eigenvalue weighted by atomic mass is 16.5. The first-order valence-electron chi connectivity index (χ1n) is 6.13. The van der Waals surface area contributed by atoms with Crippen LogP contribution < -0.4 is 4.74 Å². The minimum Gasteiger partial charge on any atom is -0.492 e. The van der Waals surface area contributed by atoms with E-state index in [9.17, 15) is 4.79 Å². The van der Waals surface area contributed by atoms with E-state index in [0.29, 0.717) is 6.61 Å². The summed E-state index contributed by atoms with van der Waals surface area (Å²) in [6.45, 7) is 0.540. The molecule has 3 rings (SSSR count). The molecule has 0 bridgehead atoms. The highest BCUT2D eigenvalue weighted by Gasteiger charge is 2.31. The van der Waals surface area contributed by atoms with Gasteiger partial charge in [-0.2, -0.15) is 0 Å². The van der Waals surface area contributed by atoms with Crippen molar-refractivity contribution in [3.05, 3.63) is 59.9 Å². The Labute approximate surface area is 111 Å².